The molecule has 0 bridgehead atoms. The second-order valence-electron chi connectivity index (χ2n) is 4.85. The first-order chi connectivity index (χ1) is 8.06. The summed E-state index contributed by atoms with van der Waals surface area (Å²) in [6.07, 6.45) is -1.37. The van der Waals surface area contributed by atoms with Crippen molar-refractivity contribution in [3.05, 3.63) is 0 Å². The number of β-amino-alcohol motifs (C(OH)–C–C–N with tert-alkyl or cyclic N) is 2. The Morgan fingerprint density at radius 3 is 2.53 bits per heavy atom. The van der Waals surface area contributed by atoms with Gasteiger partial charge in [-0.3, -0.25) is 9.69 Å². The zero-order valence-corrected chi connectivity index (χ0v) is 10.1. The van der Waals surface area contributed by atoms with E-state index in [1.54, 1.807) is 9.80 Å². The largest absolute Gasteiger partial charge is 0.389 e. The standard InChI is InChI=1S/C11H20N2O4/c1-8-4-13(2-3-17-8)11(16)7-12-5-9(14)10(15)6-12/h8-10,14-15H,2-7H2,1H3. The van der Waals surface area contributed by atoms with Crippen molar-refractivity contribution in [1.29, 1.82) is 0 Å². The molecular formula is C11H20N2O4. The van der Waals surface area contributed by atoms with Gasteiger partial charge in [0.25, 0.3) is 0 Å². The van der Waals surface area contributed by atoms with E-state index >= 15 is 0 Å². The van der Waals surface area contributed by atoms with E-state index in [4.69, 9.17) is 4.74 Å². The van der Waals surface area contributed by atoms with Crippen LogP contribution in [0.5, 0.6) is 0 Å². The van der Waals surface area contributed by atoms with Crippen LogP contribution in [0.1, 0.15) is 6.92 Å². The summed E-state index contributed by atoms with van der Waals surface area (Å²) in [5, 5.41) is 18.8. The zero-order valence-electron chi connectivity index (χ0n) is 10.1. The molecule has 6 nitrogen and oxygen atoms in total. The fourth-order valence-electron chi connectivity index (χ4n) is 2.31. The maximum Gasteiger partial charge on any atom is 0.236 e. The van der Waals surface area contributed by atoms with E-state index in [9.17, 15) is 15.0 Å². The average molecular weight is 244 g/mol. The molecule has 2 heterocycles. The Labute approximate surface area is 101 Å². The number of ether oxygens (including phenoxy) is 1. The summed E-state index contributed by atoms with van der Waals surface area (Å²) in [5.41, 5.74) is 0. The molecule has 1 amide bonds. The number of likely N-dealkylation sites (tertiary alicyclic amines) is 1. The summed E-state index contributed by atoms with van der Waals surface area (Å²) in [4.78, 5) is 15.6. The van der Waals surface area contributed by atoms with Crippen molar-refractivity contribution >= 4 is 5.91 Å². The molecule has 0 aliphatic carbocycles. The lowest BCUT2D eigenvalue weighted by molar-refractivity contribution is -0.139. The van der Waals surface area contributed by atoms with Gasteiger partial charge in [0.1, 0.15) is 0 Å². The molecule has 17 heavy (non-hydrogen) atoms. The lowest BCUT2D eigenvalue weighted by Gasteiger charge is -2.32. The Bertz CT molecular complexity index is 277. The summed E-state index contributed by atoms with van der Waals surface area (Å²) in [6.45, 7) is 4.78. The van der Waals surface area contributed by atoms with E-state index in [0.29, 0.717) is 32.8 Å². The van der Waals surface area contributed by atoms with E-state index in [0.717, 1.165) is 0 Å². The highest BCUT2D eigenvalue weighted by atomic mass is 16.5. The third-order valence-corrected chi connectivity index (χ3v) is 3.29. The number of nitrogens with zero attached hydrogens (tertiary/aromatic N) is 2. The Hall–Kier alpha value is -0.690. The first kappa shape index (κ1) is 12.8. The molecule has 98 valence electrons. The van der Waals surface area contributed by atoms with E-state index < -0.39 is 12.2 Å². The summed E-state index contributed by atoms with van der Waals surface area (Å²) < 4.78 is 5.37. The van der Waals surface area contributed by atoms with Gasteiger partial charge >= 0.3 is 0 Å². The van der Waals surface area contributed by atoms with Gasteiger partial charge in [-0.2, -0.15) is 0 Å². The molecule has 2 aliphatic heterocycles. The van der Waals surface area contributed by atoms with Crippen molar-refractivity contribution in [2.24, 2.45) is 0 Å². The summed E-state index contributed by atoms with van der Waals surface area (Å²) >= 11 is 0. The van der Waals surface area contributed by atoms with Gasteiger partial charge in [-0.05, 0) is 6.92 Å². The molecule has 0 aromatic heterocycles. The molecule has 0 spiro atoms. The maximum absolute atomic E-state index is 12.0. The molecule has 0 radical (unpaired) electrons. The molecule has 0 saturated carbocycles. The average Bonchev–Trinajstić information content (AvgIpc) is 2.58. The minimum atomic E-state index is -0.730. The fraction of sp³-hybridized carbons (Fsp3) is 0.909. The van der Waals surface area contributed by atoms with E-state index in [-0.39, 0.29) is 18.6 Å². The quantitative estimate of drug-likeness (QED) is 0.604. The normalized spacial score (nSPS) is 35.2. The highest BCUT2D eigenvalue weighted by molar-refractivity contribution is 5.78. The minimum absolute atomic E-state index is 0.0430. The Kier molecular flexibility index (Phi) is 3.98. The minimum Gasteiger partial charge on any atom is -0.389 e. The number of carbonyl (C=O) groups excluding carboxylic acids is 1. The molecule has 2 aliphatic rings. The van der Waals surface area contributed by atoms with Crippen LogP contribution in [-0.4, -0.2) is 83.6 Å². The van der Waals surface area contributed by atoms with Crippen molar-refractivity contribution in [3.8, 4) is 0 Å². The number of aliphatic hydroxyl groups excluding tert-OH is 2. The number of hydrogen-bond donors (Lipinski definition) is 2. The molecule has 2 rings (SSSR count). The van der Waals surface area contributed by atoms with Gasteiger partial charge < -0.3 is 19.8 Å². The van der Waals surface area contributed by atoms with Crippen LogP contribution in [0.3, 0.4) is 0 Å². The number of amides is 1. The Balaban J connectivity index is 1.81. The van der Waals surface area contributed by atoms with Gasteiger partial charge in [-0.1, -0.05) is 0 Å². The second-order valence-corrected chi connectivity index (χ2v) is 4.85. The summed E-state index contributed by atoms with van der Waals surface area (Å²) in [7, 11) is 0. The van der Waals surface area contributed by atoms with Crippen LogP contribution in [0.2, 0.25) is 0 Å². The van der Waals surface area contributed by atoms with Crippen molar-refractivity contribution in [2.75, 3.05) is 39.3 Å². The summed E-state index contributed by atoms with van der Waals surface area (Å²) in [5.74, 6) is 0.0430. The van der Waals surface area contributed by atoms with Crippen molar-refractivity contribution in [1.82, 2.24) is 9.80 Å². The molecule has 0 aromatic rings. The number of rotatable bonds is 2. The third kappa shape index (κ3) is 3.16. The lowest BCUT2D eigenvalue weighted by Crippen LogP contribution is -2.48. The van der Waals surface area contributed by atoms with E-state index in [1.165, 1.54) is 0 Å². The number of carbonyl (C=O) groups is 1. The van der Waals surface area contributed by atoms with Crippen molar-refractivity contribution in [3.63, 3.8) is 0 Å². The van der Waals surface area contributed by atoms with Crippen LogP contribution in [0, 0.1) is 0 Å². The molecule has 6 heteroatoms. The van der Waals surface area contributed by atoms with Crippen LogP contribution >= 0.6 is 0 Å². The molecule has 2 saturated heterocycles. The fourth-order valence-corrected chi connectivity index (χ4v) is 2.31. The Morgan fingerprint density at radius 2 is 1.94 bits per heavy atom. The summed E-state index contributed by atoms with van der Waals surface area (Å²) in [6, 6.07) is 0. The zero-order chi connectivity index (χ0) is 12.4. The molecular weight excluding hydrogens is 224 g/mol. The monoisotopic (exact) mass is 244 g/mol. The van der Waals surface area contributed by atoms with Gasteiger partial charge in [0.15, 0.2) is 0 Å². The van der Waals surface area contributed by atoms with Gasteiger partial charge in [0, 0.05) is 26.2 Å². The molecule has 2 N–H and O–H groups in total. The number of aliphatic hydroxyl groups is 2. The highest BCUT2D eigenvalue weighted by Gasteiger charge is 2.32. The predicted octanol–water partition coefficient (Wildman–Crippen LogP) is -1.73. The van der Waals surface area contributed by atoms with Crippen LogP contribution in [0.25, 0.3) is 0 Å². The smallest absolute Gasteiger partial charge is 0.236 e. The van der Waals surface area contributed by atoms with E-state index in [2.05, 4.69) is 0 Å². The maximum atomic E-state index is 12.0. The number of hydrogen-bond acceptors (Lipinski definition) is 5. The van der Waals surface area contributed by atoms with E-state index in [1.807, 2.05) is 6.92 Å². The second kappa shape index (κ2) is 5.30. The predicted molar refractivity (Wildman–Crippen MR) is 60.4 cm³/mol. The number of morpholine rings is 1. The highest BCUT2D eigenvalue weighted by Crippen LogP contribution is 2.11. The SMILES string of the molecule is CC1CN(C(=O)CN2CC(O)C(O)C2)CCO1. The topological polar surface area (TPSA) is 73.2 Å². The molecule has 3 atom stereocenters. The van der Waals surface area contributed by atoms with Gasteiger partial charge in [-0.15, -0.1) is 0 Å². The molecule has 2 fully saturated rings. The van der Waals surface area contributed by atoms with Crippen LogP contribution in [0.15, 0.2) is 0 Å². The van der Waals surface area contributed by atoms with Crippen LogP contribution in [0.4, 0.5) is 0 Å². The van der Waals surface area contributed by atoms with Gasteiger partial charge in [0.05, 0.1) is 31.5 Å². The van der Waals surface area contributed by atoms with Crippen molar-refractivity contribution < 1.29 is 19.7 Å². The van der Waals surface area contributed by atoms with Crippen LogP contribution < -0.4 is 0 Å². The van der Waals surface area contributed by atoms with Gasteiger partial charge in [-0.25, -0.2) is 0 Å². The molecule has 0 aromatic carbocycles. The Morgan fingerprint density at radius 1 is 1.29 bits per heavy atom. The first-order valence-electron chi connectivity index (χ1n) is 6.04. The molecule has 3 unspecified atom stereocenters. The third-order valence-electron chi connectivity index (χ3n) is 3.29. The van der Waals surface area contributed by atoms with Crippen molar-refractivity contribution in [2.45, 2.75) is 25.2 Å². The lowest BCUT2D eigenvalue weighted by atomic mass is 10.3. The van der Waals surface area contributed by atoms with Gasteiger partial charge in [0.2, 0.25) is 5.91 Å². The van der Waals surface area contributed by atoms with Crippen LogP contribution in [-0.2, 0) is 9.53 Å². The first-order valence-corrected chi connectivity index (χ1v) is 6.04.